The van der Waals surface area contributed by atoms with Gasteiger partial charge < -0.3 is 5.32 Å². The average molecular weight is 302 g/mol. The summed E-state index contributed by atoms with van der Waals surface area (Å²) < 4.78 is 62.7. The lowest BCUT2D eigenvalue weighted by atomic mass is 9.99. The van der Waals surface area contributed by atoms with E-state index in [0.29, 0.717) is 6.54 Å². The molecule has 0 aromatic rings. The molecule has 1 heterocycles. The first-order valence-corrected chi connectivity index (χ1v) is 8.13. The monoisotopic (exact) mass is 302 g/mol. The molecule has 1 atom stereocenters. The number of piperidine rings is 1. The van der Waals surface area contributed by atoms with Gasteiger partial charge in [-0.3, -0.25) is 0 Å². The molecule has 19 heavy (non-hydrogen) atoms. The molecular weight excluding hydrogens is 281 g/mol. The molecule has 114 valence electrons. The highest BCUT2D eigenvalue weighted by molar-refractivity contribution is 7.89. The first kappa shape index (κ1) is 16.7. The Hall–Kier alpha value is -0.340. The minimum atomic E-state index is -4.31. The van der Waals surface area contributed by atoms with Crippen molar-refractivity contribution in [2.24, 2.45) is 5.92 Å². The van der Waals surface area contributed by atoms with Gasteiger partial charge in [0.1, 0.15) is 0 Å². The predicted molar refractivity (Wildman–Crippen MR) is 67.3 cm³/mol. The van der Waals surface area contributed by atoms with Crippen LogP contribution >= 0.6 is 0 Å². The van der Waals surface area contributed by atoms with Crippen LogP contribution in [0.1, 0.15) is 26.2 Å². The summed E-state index contributed by atoms with van der Waals surface area (Å²) in [4.78, 5) is 0. The van der Waals surface area contributed by atoms with Gasteiger partial charge in [0.25, 0.3) is 0 Å². The molecular formula is C11H21F3N2O2S. The normalized spacial score (nSPS) is 22.6. The molecule has 1 N–H and O–H groups in total. The molecule has 8 heteroatoms. The Morgan fingerprint density at radius 2 is 2.00 bits per heavy atom. The number of hydrogen-bond acceptors (Lipinski definition) is 3. The molecule has 1 fully saturated rings. The van der Waals surface area contributed by atoms with Crippen molar-refractivity contribution in [2.75, 3.05) is 31.9 Å². The molecule has 1 aliphatic rings. The summed E-state index contributed by atoms with van der Waals surface area (Å²) in [6.45, 7) is 2.71. The Morgan fingerprint density at radius 3 is 2.58 bits per heavy atom. The van der Waals surface area contributed by atoms with Crippen molar-refractivity contribution in [1.82, 2.24) is 9.62 Å². The smallest absolute Gasteiger partial charge is 0.316 e. The van der Waals surface area contributed by atoms with E-state index in [0.717, 1.165) is 10.7 Å². The molecule has 0 aromatic heterocycles. The molecule has 1 unspecified atom stereocenters. The second kappa shape index (κ2) is 6.90. The molecule has 0 bridgehead atoms. The molecule has 0 saturated carbocycles. The van der Waals surface area contributed by atoms with E-state index >= 15 is 0 Å². The maximum Gasteiger partial charge on any atom is 0.393 e. The lowest BCUT2D eigenvalue weighted by Crippen LogP contribution is -2.46. The van der Waals surface area contributed by atoms with E-state index in [-0.39, 0.29) is 31.7 Å². The van der Waals surface area contributed by atoms with Gasteiger partial charge in [0.15, 0.2) is 0 Å². The number of hydrogen-bond donors (Lipinski definition) is 1. The second-order valence-electron chi connectivity index (χ2n) is 4.80. The largest absolute Gasteiger partial charge is 0.393 e. The van der Waals surface area contributed by atoms with Gasteiger partial charge in [0, 0.05) is 19.6 Å². The zero-order chi connectivity index (χ0) is 14.5. The summed E-state index contributed by atoms with van der Waals surface area (Å²) in [6, 6.07) is 0. The van der Waals surface area contributed by atoms with Crippen LogP contribution in [0.2, 0.25) is 0 Å². The van der Waals surface area contributed by atoms with E-state index in [4.69, 9.17) is 0 Å². The van der Waals surface area contributed by atoms with Gasteiger partial charge in [-0.05, 0) is 25.8 Å². The highest BCUT2D eigenvalue weighted by Crippen LogP contribution is 2.33. The fourth-order valence-corrected chi connectivity index (χ4v) is 3.57. The first-order valence-electron chi connectivity index (χ1n) is 6.52. The van der Waals surface area contributed by atoms with Crippen LogP contribution in [0, 0.1) is 5.92 Å². The van der Waals surface area contributed by atoms with Crippen molar-refractivity contribution in [1.29, 1.82) is 0 Å². The van der Waals surface area contributed by atoms with Gasteiger partial charge in [-0.25, -0.2) is 12.7 Å². The van der Waals surface area contributed by atoms with E-state index in [2.05, 4.69) is 5.32 Å². The lowest BCUT2D eigenvalue weighted by Gasteiger charge is -2.32. The molecule has 1 rings (SSSR count). The lowest BCUT2D eigenvalue weighted by molar-refractivity contribution is -0.182. The minimum Gasteiger partial charge on any atom is -0.316 e. The van der Waals surface area contributed by atoms with Crippen molar-refractivity contribution in [3.63, 3.8) is 0 Å². The molecule has 0 amide bonds. The van der Waals surface area contributed by atoms with Crippen molar-refractivity contribution in [3.05, 3.63) is 0 Å². The Labute approximate surface area is 112 Å². The van der Waals surface area contributed by atoms with Crippen LogP contribution < -0.4 is 5.32 Å². The molecule has 1 aliphatic heterocycles. The topological polar surface area (TPSA) is 49.4 Å². The summed E-state index contributed by atoms with van der Waals surface area (Å²) in [7, 11) is -3.59. The fraction of sp³-hybridized carbons (Fsp3) is 1.00. The van der Waals surface area contributed by atoms with Crippen LogP contribution in [0.3, 0.4) is 0 Å². The SMILES string of the molecule is CCCNCCS(=O)(=O)N1CCCC(C(F)(F)F)C1. The van der Waals surface area contributed by atoms with Gasteiger partial charge in [-0.2, -0.15) is 13.2 Å². The van der Waals surface area contributed by atoms with Crippen molar-refractivity contribution >= 4 is 10.0 Å². The third-order valence-corrected chi connectivity index (χ3v) is 5.04. The van der Waals surface area contributed by atoms with E-state index in [1.807, 2.05) is 6.92 Å². The van der Waals surface area contributed by atoms with Crippen LogP contribution in [-0.2, 0) is 10.0 Å². The highest BCUT2D eigenvalue weighted by atomic mass is 32.2. The maximum atomic E-state index is 12.6. The van der Waals surface area contributed by atoms with Gasteiger partial charge in [-0.15, -0.1) is 0 Å². The average Bonchev–Trinajstić information content (AvgIpc) is 2.34. The van der Waals surface area contributed by atoms with Crippen molar-refractivity contribution in [3.8, 4) is 0 Å². The van der Waals surface area contributed by atoms with Crippen LogP contribution in [0.4, 0.5) is 13.2 Å². The summed E-state index contributed by atoms with van der Waals surface area (Å²) in [5.41, 5.74) is 0. The second-order valence-corrected chi connectivity index (χ2v) is 6.89. The summed E-state index contributed by atoms with van der Waals surface area (Å²) in [5.74, 6) is -1.67. The third-order valence-electron chi connectivity index (χ3n) is 3.20. The fourth-order valence-electron chi connectivity index (χ4n) is 2.09. The van der Waals surface area contributed by atoms with Crippen LogP contribution in [0.15, 0.2) is 0 Å². The van der Waals surface area contributed by atoms with Crippen molar-refractivity contribution < 1.29 is 21.6 Å². The first-order chi connectivity index (χ1) is 8.77. The number of alkyl halides is 3. The molecule has 4 nitrogen and oxygen atoms in total. The zero-order valence-electron chi connectivity index (χ0n) is 11.0. The zero-order valence-corrected chi connectivity index (χ0v) is 11.9. The predicted octanol–water partition coefficient (Wildman–Crippen LogP) is 1.59. The summed E-state index contributed by atoms with van der Waals surface area (Å²) in [6.07, 6.45) is -3.13. The van der Waals surface area contributed by atoms with E-state index in [1.165, 1.54) is 0 Å². The van der Waals surface area contributed by atoms with Crippen LogP contribution in [0.5, 0.6) is 0 Å². The van der Waals surface area contributed by atoms with E-state index in [1.54, 1.807) is 0 Å². The quantitative estimate of drug-likeness (QED) is 0.758. The number of rotatable bonds is 6. The molecule has 0 aliphatic carbocycles. The Balaban J connectivity index is 2.53. The summed E-state index contributed by atoms with van der Waals surface area (Å²) >= 11 is 0. The standard InChI is InChI=1S/C11H21F3N2O2S/c1-2-5-15-6-8-19(17,18)16-7-3-4-10(9-16)11(12,13)14/h10,15H,2-9H2,1H3. The number of halogens is 3. The Kier molecular flexibility index (Phi) is 6.07. The highest BCUT2D eigenvalue weighted by Gasteiger charge is 2.43. The number of nitrogens with one attached hydrogen (secondary N) is 1. The Morgan fingerprint density at radius 1 is 1.32 bits per heavy atom. The Bertz CT molecular complexity index is 371. The van der Waals surface area contributed by atoms with E-state index < -0.39 is 28.7 Å². The summed E-state index contributed by atoms with van der Waals surface area (Å²) in [5, 5.41) is 2.94. The third kappa shape index (κ3) is 5.27. The van der Waals surface area contributed by atoms with Gasteiger partial charge in [-0.1, -0.05) is 6.92 Å². The minimum absolute atomic E-state index is 0.0175. The van der Waals surface area contributed by atoms with Gasteiger partial charge in [0.2, 0.25) is 10.0 Å². The van der Waals surface area contributed by atoms with E-state index in [9.17, 15) is 21.6 Å². The van der Waals surface area contributed by atoms with Crippen molar-refractivity contribution in [2.45, 2.75) is 32.4 Å². The van der Waals surface area contributed by atoms with Gasteiger partial charge in [0.05, 0.1) is 11.7 Å². The molecule has 0 radical (unpaired) electrons. The van der Waals surface area contributed by atoms with Crippen LogP contribution in [-0.4, -0.2) is 50.8 Å². The molecule has 0 aromatic carbocycles. The maximum absolute atomic E-state index is 12.6. The molecule has 0 spiro atoms. The van der Waals surface area contributed by atoms with Crippen LogP contribution in [0.25, 0.3) is 0 Å². The molecule has 1 saturated heterocycles. The van der Waals surface area contributed by atoms with Gasteiger partial charge >= 0.3 is 6.18 Å². The number of sulfonamides is 1. The number of nitrogens with zero attached hydrogens (tertiary/aromatic N) is 1.